The topological polar surface area (TPSA) is 103 Å². The molecule has 2 aromatic rings. The largest absolute Gasteiger partial charge is 0.507 e. The highest BCUT2D eigenvalue weighted by atomic mass is 16.4. The monoisotopic (exact) mass is 232 g/mol. The van der Waals surface area contributed by atoms with Crippen molar-refractivity contribution in [2.24, 2.45) is 0 Å². The number of hydrogen-bond donors (Lipinski definition) is 3. The average Bonchev–Trinajstić information content (AvgIpc) is 2.30. The van der Waals surface area contributed by atoms with Crippen molar-refractivity contribution in [3.8, 4) is 17.0 Å². The van der Waals surface area contributed by atoms with Gasteiger partial charge in [0.1, 0.15) is 11.4 Å². The molecule has 86 valence electrons. The van der Waals surface area contributed by atoms with E-state index in [-0.39, 0.29) is 22.7 Å². The van der Waals surface area contributed by atoms with Gasteiger partial charge < -0.3 is 15.2 Å². The van der Waals surface area contributed by atoms with Crippen LogP contribution >= 0.6 is 0 Å². The number of carboxylic acids is 1. The highest BCUT2D eigenvalue weighted by molar-refractivity contribution is 5.85. The smallest absolute Gasteiger partial charge is 0.356 e. The Morgan fingerprint density at radius 3 is 2.65 bits per heavy atom. The summed E-state index contributed by atoms with van der Waals surface area (Å²) in [5.74, 6) is -1.38. The number of nitrogens with zero attached hydrogens (tertiary/aromatic N) is 1. The third-order valence-corrected chi connectivity index (χ3v) is 2.17. The number of aromatic carboxylic acids is 1. The summed E-state index contributed by atoms with van der Waals surface area (Å²) in [6, 6.07) is 6.08. The fourth-order valence-electron chi connectivity index (χ4n) is 1.37. The van der Waals surface area contributed by atoms with Gasteiger partial charge in [-0.15, -0.1) is 0 Å². The summed E-state index contributed by atoms with van der Waals surface area (Å²) >= 11 is 0. The molecule has 0 bridgehead atoms. The first-order valence-corrected chi connectivity index (χ1v) is 4.71. The van der Waals surface area contributed by atoms with Crippen molar-refractivity contribution in [2.45, 2.75) is 0 Å². The molecule has 3 N–H and O–H groups in total. The predicted octanol–water partition coefficient (Wildman–Crippen LogP) is 0.841. The van der Waals surface area contributed by atoms with Crippen LogP contribution in [0.3, 0.4) is 0 Å². The third-order valence-electron chi connectivity index (χ3n) is 2.17. The van der Waals surface area contributed by atoms with Crippen LogP contribution in [-0.2, 0) is 0 Å². The minimum absolute atomic E-state index is 0.122. The molecule has 1 aromatic heterocycles. The molecule has 0 atom stereocenters. The van der Waals surface area contributed by atoms with Crippen LogP contribution in [0.2, 0.25) is 0 Å². The van der Waals surface area contributed by atoms with E-state index in [1.54, 1.807) is 12.1 Å². The molecule has 0 saturated heterocycles. The Morgan fingerprint density at radius 2 is 2.00 bits per heavy atom. The Bertz CT molecular complexity index is 633. The highest BCUT2D eigenvalue weighted by Crippen LogP contribution is 2.24. The average molecular weight is 232 g/mol. The third kappa shape index (κ3) is 2.00. The maximum Gasteiger partial charge on any atom is 0.356 e. The van der Waals surface area contributed by atoms with Crippen LogP contribution in [0.5, 0.6) is 5.75 Å². The van der Waals surface area contributed by atoms with Crippen LogP contribution in [-0.4, -0.2) is 26.2 Å². The van der Waals surface area contributed by atoms with Gasteiger partial charge in [0.2, 0.25) is 0 Å². The fraction of sp³-hybridized carbons (Fsp3) is 0. The zero-order chi connectivity index (χ0) is 12.4. The van der Waals surface area contributed by atoms with E-state index in [2.05, 4.69) is 9.97 Å². The molecule has 1 heterocycles. The molecule has 0 aliphatic carbocycles. The number of carboxylic acid groups (broad SMARTS) is 1. The van der Waals surface area contributed by atoms with Crippen molar-refractivity contribution in [2.75, 3.05) is 0 Å². The minimum Gasteiger partial charge on any atom is -0.507 e. The molecule has 0 fully saturated rings. The number of aromatic nitrogens is 2. The van der Waals surface area contributed by atoms with Crippen LogP contribution in [0.25, 0.3) is 11.3 Å². The van der Waals surface area contributed by atoms with Gasteiger partial charge in [-0.3, -0.25) is 4.79 Å². The van der Waals surface area contributed by atoms with Crippen LogP contribution in [0.15, 0.2) is 35.3 Å². The summed E-state index contributed by atoms with van der Waals surface area (Å²) in [4.78, 5) is 28.2. The van der Waals surface area contributed by atoms with E-state index in [4.69, 9.17) is 5.11 Å². The number of nitrogens with one attached hydrogen (secondary N) is 1. The second-order valence-electron chi connectivity index (χ2n) is 3.29. The zero-order valence-electron chi connectivity index (χ0n) is 8.54. The Kier molecular flexibility index (Phi) is 2.61. The van der Waals surface area contributed by atoms with E-state index in [1.165, 1.54) is 12.1 Å². The predicted molar refractivity (Wildman–Crippen MR) is 58.9 cm³/mol. The first-order chi connectivity index (χ1) is 8.09. The number of aromatic hydroxyl groups is 1. The van der Waals surface area contributed by atoms with Crippen LogP contribution in [0.4, 0.5) is 0 Å². The number of benzene rings is 1. The van der Waals surface area contributed by atoms with E-state index in [1.807, 2.05) is 0 Å². The summed E-state index contributed by atoms with van der Waals surface area (Å²) in [6.07, 6.45) is 1.01. The molecule has 2 rings (SSSR count). The van der Waals surface area contributed by atoms with Gasteiger partial charge in [-0.2, -0.15) is 0 Å². The summed E-state index contributed by atoms with van der Waals surface area (Å²) in [6.45, 7) is 0. The second kappa shape index (κ2) is 4.09. The maximum absolute atomic E-state index is 11.5. The minimum atomic E-state index is -1.25. The standard InChI is InChI=1S/C11H8N2O4/c14-8-4-2-1-3-6(8)9-10(15)12-5-7(13-9)11(16)17/h1-5,14H,(H,12,15)(H,16,17). The molecule has 0 amide bonds. The Balaban J connectivity index is 2.67. The Hall–Kier alpha value is -2.63. The number of H-pyrrole nitrogens is 1. The molecule has 0 aliphatic rings. The SMILES string of the molecule is O=C(O)c1c[nH]c(=O)c(-c2ccccc2O)n1. The van der Waals surface area contributed by atoms with Gasteiger partial charge in [-0.1, -0.05) is 12.1 Å². The number of phenolic OH excluding ortho intramolecular Hbond substituents is 1. The van der Waals surface area contributed by atoms with E-state index >= 15 is 0 Å². The lowest BCUT2D eigenvalue weighted by molar-refractivity contribution is 0.0690. The van der Waals surface area contributed by atoms with Crippen LogP contribution in [0.1, 0.15) is 10.5 Å². The van der Waals surface area contributed by atoms with Gasteiger partial charge in [-0.25, -0.2) is 9.78 Å². The van der Waals surface area contributed by atoms with Crippen molar-refractivity contribution in [3.63, 3.8) is 0 Å². The van der Waals surface area contributed by atoms with Gasteiger partial charge in [-0.05, 0) is 12.1 Å². The lowest BCUT2D eigenvalue weighted by atomic mass is 10.1. The lowest BCUT2D eigenvalue weighted by Gasteiger charge is -2.03. The summed E-state index contributed by atoms with van der Waals surface area (Å²) in [5, 5.41) is 18.3. The van der Waals surface area contributed by atoms with E-state index in [0.29, 0.717) is 0 Å². The maximum atomic E-state index is 11.5. The summed E-state index contributed by atoms with van der Waals surface area (Å²) in [5.41, 5.74) is -0.779. The number of aromatic amines is 1. The number of para-hydroxylation sites is 1. The molecule has 0 aliphatic heterocycles. The van der Waals surface area contributed by atoms with Gasteiger partial charge in [0.15, 0.2) is 5.69 Å². The quantitative estimate of drug-likeness (QED) is 0.711. The second-order valence-corrected chi connectivity index (χ2v) is 3.29. The van der Waals surface area contributed by atoms with Gasteiger partial charge in [0, 0.05) is 11.8 Å². The number of hydrogen-bond acceptors (Lipinski definition) is 4. The summed E-state index contributed by atoms with van der Waals surface area (Å²) < 4.78 is 0. The van der Waals surface area contributed by atoms with E-state index in [9.17, 15) is 14.7 Å². The van der Waals surface area contributed by atoms with Gasteiger partial charge in [0.25, 0.3) is 5.56 Å². The Labute approximate surface area is 95.2 Å². The van der Waals surface area contributed by atoms with Crippen molar-refractivity contribution < 1.29 is 15.0 Å². The van der Waals surface area contributed by atoms with Crippen molar-refractivity contribution >= 4 is 5.97 Å². The number of carbonyl (C=O) groups is 1. The van der Waals surface area contributed by atoms with Gasteiger partial charge in [0.05, 0.1) is 0 Å². The first kappa shape index (κ1) is 10.9. The fourth-order valence-corrected chi connectivity index (χ4v) is 1.37. The molecular formula is C11H8N2O4. The number of rotatable bonds is 2. The molecule has 1 aromatic carbocycles. The lowest BCUT2D eigenvalue weighted by Crippen LogP contribution is -2.15. The van der Waals surface area contributed by atoms with Crippen molar-refractivity contribution in [1.29, 1.82) is 0 Å². The number of phenols is 1. The van der Waals surface area contributed by atoms with Crippen molar-refractivity contribution in [3.05, 3.63) is 46.5 Å². The van der Waals surface area contributed by atoms with Gasteiger partial charge >= 0.3 is 5.97 Å². The molecule has 0 radical (unpaired) electrons. The zero-order valence-corrected chi connectivity index (χ0v) is 8.54. The van der Waals surface area contributed by atoms with Crippen molar-refractivity contribution in [1.82, 2.24) is 9.97 Å². The molecule has 0 spiro atoms. The Morgan fingerprint density at radius 1 is 1.29 bits per heavy atom. The van der Waals surface area contributed by atoms with E-state index in [0.717, 1.165) is 6.20 Å². The molecular weight excluding hydrogens is 224 g/mol. The highest BCUT2D eigenvalue weighted by Gasteiger charge is 2.13. The molecule has 6 nitrogen and oxygen atoms in total. The molecule has 0 unspecified atom stereocenters. The molecule has 6 heteroatoms. The van der Waals surface area contributed by atoms with Crippen LogP contribution in [0, 0.1) is 0 Å². The van der Waals surface area contributed by atoms with Crippen LogP contribution < -0.4 is 5.56 Å². The normalized spacial score (nSPS) is 10.1. The summed E-state index contributed by atoms with van der Waals surface area (Å²) in [7, 11) is 0. The molecule has 0 saturated carbocycles. The molecule has 17 heavy (non-hydrogen) atoms. The first-order valence-electron chi connectivity index (χ1n) is 4.71. The van der Waals surface area contributed by atoms with E-state index < -0.39 is 11.5 Å².